The summed E-state index contributed by atoms with van der Waals surface area (Å²) in [6, 6.07) is 3.89. The van der Waals surface area contributed by atoms with E-state index in [1.165, 1.54) is 7.11 Å². The zero-order valence-corrected chi connectivity index (χ0v) is 12.1. The van der Waals surface area contributed by atoms with Crippen LogP contribution in [0.1, 0.15) is 47.2 Å². The van der Waals surface area contributed by atoms with Gasteiger partial charge in [-0.05, 0) is 24.5 Å². The lowest BCUT2D eigenvalue weighted by Crippen LogP contribution is -2.13. The molecule has 0 amide bonds. The lowest BCUT2D eigenvalue weighted by atomic mass is 10.1. The number of hydrogen-bond acceptors (Lipinski definition) is 5. The molecule has 106 valence electrons. The number of aryl methyl sites for hydroxylation is 1. The molecule has 2 aromatic heterocycles. The standard InChI is InChI=1S/C14H18N4O2/c1-9(2)13-12(14(19)20-4)16-17-18(13)8-11-10(3)6-5-7-15-11/h5-7,9H,8H2,1-4H3. The van der Waals surface area contributed by atoms with Gasteiger partial charge >= 0.3 is 5.97 Å². The molecule has 2 aromatic rings. The van der Waals surface area contributed by atoms with Crippen LogP contribution < -0.4 is 0 Å². The molecule has 0 aromatic carbocycles. The molecule has 0 bridgehead atoms. The second-order valence-electron chi connectivity index (χ2n) is 4.89. The van der Waals surface area contributed by atoms with Gasteiger partial charge in [0.15, 0.2) is 5.69 Å². The Bertz CT molecular complexity index is 619. The fourth-order valence-corrected chi connectivity index (χ4v) is 2.08. The van der Waals surface area contributed by atoms with Crippen LogP contribution >= 0.6 is 0 Å². The van der Waals surface area contributed by atoms with E-state index in [-0.39, 0.29) is 11.6 Å². The summed E-state index contributed by atoms with van der Waals surface area (Å²) in [7, 11) is 1.34. The number of hydrogen-bond donors (Lipinski definition) is 0. The molecular weight excluding hydrogens is 256 g/mol. The molecule has 0 saturated carbocycles. The molecule has 6 nitrogen and oxygen atoms in total. The highest BCUT2D eigenvalue weighted by Gasteiger charge is 2.23. The maximum atomic E-state index is 11.7. The maximum Gasteiger partial charge on any atom is 0.360 e. The lowest BCUT2D eigenvalue weighted by molar-refractivity contribution is 0.0592. The smallest absolute Gasteiger partial charge is 0.360 e. The van der Waals surface area contributed by atoms with Gasteiger partial charge in [-0.25, -0.2) is 9.48 Å². The predicted octanol–water partition coefficient (Wildman–Crippen LogP) is 1.94. The normalized spacial score (nSPS) is 10.8. The van der Waals surface area contributed by atoms with Crippen molar-refractivity contribution >= 4 is 5.97 Å². The highest BCUT2D eigenvalue weighted by Crippen LogP contribution is 2.19. The van der Waals surface area contributed by atoms with E-state index in [1.807, 2.05) is 32.9 Å². The number of pyridine rings is 1. The lowest BCUT2D eigenvalue weighted by Gasteiger charge is -2.11. The minimum absolute atomic E-state index is 0.114. The van der Waals surface area contributed by atoms with Crippen LogP contribution in [0.3, 0.4) is 0 Å². The van der Waals surface area contributed by atoms with Crippen LogP contribution in [0.4, 0.5) is 0 Å². The second kappa shape index (κ2) is 5.81. The van der Waals surface area contributed by atoms with E-state index in [4.69, 9.17) is 4.74 Å². The number of carbonyl (C=O) groups excluding carboxylic acids is 1. The van der Waals surface area contributed by atoms with Gasteiger partial charge in [0.25, 0.3) is 0 Å². The van der Waals surface area contributed by atoms with Crippen molar-refractivity contribution in [2.45, 2.75) is 33.2 Å². The summed E-state index contributed by atoms with van der Waals surface area (Å²) >= 11 is 0. The Morgan fingerprint density at radius 2 is 2.20 bits per heavy atom. The Balaban J connectivity index is 2.40. The minimum atomic E-state index is -0.460. The van der Waals surface area contributed by atoms with Crippen LogP contribution in [-0.4, -0.2) is 33.1 Å². The third kappa shape index (κ3) is 2.68. The fourth-order valence-electron chi connectivity index (χ4n) is 2.08. The number of aromatic nitrogens is 4. The van der Waals surface area contributed by atoms with Crippen molar-refractivity contribution in [2.24, 2.45) is 0 Å². The van der Waals surface area contributed by atoms with Crippen molar-refractivity contribution in [3.63, 3.8) is 0 Å². The van der Waals surface area contributed by atoms with Crippen LogP contribution in [-0.2, 0) is 11.3 Å². The van der Waals surface area contributed by atoms with E-state index >= 15 is 0 Å². The summed E-state index contributed by atoms with van der Waals surface area (Å²) in [6.07, 6.45) is 1.75. The van der Waals surface area contributed by atoms with Gasteiger partial charge in [0.2, 0.25) is 0 Å². The molecule has 6 heteroatoms. The fraction of sp³-hybridized carbons (Fsp3) is 0.429. The summed E-state index contributed by atoms with van der Waals surface area (Å²) in [5.41, 5.74) is 3.03. The van der Waals surface area contributed by atoms with E-state index < -0.39 is 5.97 Å². The first-order valence-electron chi connectivity index (χ1n) is 6.46. The molecule has 0 aliphatic carbocycles. The first kappa shape index (κ1) is 14.2. The number of nitrogens with zero attached hydrogens (tertiary/aromatic N) is 4. The van der Waals surface area contributed by atoms with Gasteiger partial charge in [0.1, 0.15) is 0 Å². The highest BCUT2D eigenvalue weighted by atomic mass is 16.5. The predicted molar refractivity (Wildman–Crippen MR) is 73.5 cm³/mol. The Morgan fingerprint density at radius 1 is 1.45 bits per heavy atom. The van der Waals surface area contributed by atoms with Crippen LogP contribution in [0.15, 0.2) is 18.3 Å². The average molecular weight is 274 g/mol. The molecule has 20 heavy (non-hydrogen) atoms. The Kier molecular flexibility index (Phi) is 4.12. The van der Waals surface area contributed by atoms with Gasteiger partial charge < -0.3 is 4.74 Å². The molecule has 0 N–H and O–H groups in total. The summed E-state index contributed by atoms with van der Waals surface area (Å²) in [6.45, 7) is 6.47. The van der Waals surface area contributed by atoms with E-state index in [0.29, 0.717) is 6.54 Å². The number of ether oxygens (including phenoxy) is 1. The molecule has 0 aliphatic heterocycles. The van der Waals surface area contributed by atoms with Gasteiger partial charge in [-0.1, -0.05) is 25.1 Å². The van der Waals surface area contributed by atoms with Crippen molar-refractivity contribution in [1.82, 2.24) is 20.0 Å². The van der Waals surface area contributed by atoms with Crippen molar-refractivity contribution in [2.75, 3.05) is 7.11 Å². The van der Waals surface area contributed by atoms with Crippen LogP contribution in [0, 0.1) is 6.92 Å². The first-order valence-corrected chi connectivity index (χ1v) is 6.46. The number of esters is 1. The van der Waals surface area contributed by atoms with E-state index in [1.54, 1.807) is 10.9 Å². The van der Waals surface area contributed by atoms with Crippen LogP contribution in [0.2, 0.25) is 0 Å². The minimum Gasteiger partial charge on any atom is -0.464 e. The van der Waals surface area contributed by atoms with Gasteiger partial charge in [0.05, 0.1) is 25.0 Å². The van der Waals surface area contributed by atoms with E-state index in [2.05, 4.69) is 15.3 Å². The molecule has 0 fully saturated rings. The quantitative estimate of drug-likeness (QED) is 0.797. The van der Waals surface area contributed by atoms with Crippen molar-refractivity contribution in [1.29, 1.82) is 0 Å². The van der Waals surface area contributed by atoms with Crippen molar-refractivity contribution in [3.05, 3.63) is 41.0 Å². The summed E-state index contributed by atoms with van der Waals surface area (Å²) in [5.74, 6) is -0.346. The summed E-state index contributed by atoms with van der Waals surface area (Å²) < 4.78 is 6.46. The summed E-state index contributed by atoms with van der Waals surface area (Å²) in [4.78, 5) is 16.1. The zero-order valence-electron chi connectivity index (χ0n) is 12.1. The molecular formula is C14H18N4O2. The zero-order chi connectivity index (χ0) is 14.7. The van der Waals surface area contributed by atoms with E-state index in [9.17, 15) is 4.79 Å². The molecule has 0 spiro atoms. The molecule has 0 unspecified atom stereocenters. The Hall–Kier alpha value is -2.24. The largest absolute Gasteiger partial charge is 0.464 e. The van der Waals surface area contributed by atoms with Crippen LogP contribution in [0.25, 0.3) is 0 Å². The average Bonchev–Trinajstić information content (AvgIpc) is 2.84. The SMILES string of the molecule is COC(=O)c1nnn(Cc2ncccc2C)c1C(C)C. The third-order valence-corrected chi connectivity index (χ3v) is 3.12. The number of rotatable bonds is 4. The number of carbonyl (C=O) groups is 1. The first-order chi connectivity index (χ1) is 9.54. The topological polar surface area (TPSA) is 69.9 Å². The second-order valence-corrected chi connectivity index (χ2v) is 4.89. The van der Waals surface area contributed by atoms with Gasteiger partial charge in [-0.3, -0.25) is 4.98 Å². The Labute approximate surface area is 117 Å². The number of methoxy groups -OCH3 is 1. The monoisotopic (exact) mass is 274 g/mol. The highest BCUT2D eigenvalue weighted by molar-refractivity contribution is 5.88. The van der Waals surface area contributed by atoms with Gasteiger partial charge in [0, 0.05) is 6.20 Å². The third-order valence-electron chi connectivity index (χ3n) is 3.12. The summed E-state index contributed by atoms with van der Waals surface area (Å²) in [5, 5.41) is 8.01. The molecule has 2 rings (SSSR count). The Morgan fingerprint density at radius 3 is 2.80 bits per heavy atom. The molecule has 0 saturated heterocycles. The van der Waals surface area contributed by atoms with Crippen molar-refractivity contribution in [3.8, 4) is 0 Å². The van der Waals surface area contributed by atoms with E-state index in [0.717, 1.165) is 17.0 Å². The molecule has 2 heterocycles. The molecule has 0 radical (unpaired) electrons. The van der Waals surface area contributed by atoms with Gasteiger partial charge in [-0.2, -0.15) is 0 Å². The molecule has 0 atom stereocenters. The van der Waals surface area contributed by atoms with Crippen molar-refractivity contribution < 1.29 is 9.53 Å². The molecule has 0 aliphatic rings. The van der Waals surface area contributed by atoms with Crippen LogP contribution in [0.5, 0.6) is 0 Å². The maximum absolute atomic E-state index is 11.7. The van der Waals surface area contributed by atoms with Gasteiger partial charge in [-0.15, -0.1) is 5.10 Å².